The van der Waals surface area contributed by atoms with Crippen LogP contribution < -0.4 is 10.6 Å². The van der Waals surface area contributed by atoms with Crippen molar-refractivity contribution < 1.29 is 9.21 Å². The lowest BCUT2D eigenvalue weighted by Gasteiger charge is -2.23. The molecule has 2 heterocycles. The molecule has 1 atom stereocenters. The van der Waals surface area contributed by atoms with Gasteiger partial charge in [-0.3, -0.25) is 4.79 Å². The van der Waals surface area contributed by atoms with Gasteiger partial charge in [-0.05, 0) is 38.4 Å². The number of hydrogen-bond donors (Lipinski definition) is 2. The summed E-state index contributed by atoms with van der Waals surface area (Å²) in [6.07, 6.45) is 3.54. The van der Waals surface area contributed by atoms with Crippen LogP contribution in [-0.2, 0) is 4.79 Å². The Hall–Kier alpha value is -2.14. The van der Waals surface area contributed by atoms with Crippen LogP contribution in [0.1, 0.15) is 25.7 Å². The minimum absolute atomic E-state index is 0.0185. The topological polar surface area (TPSA) is 67.2 Å². The number of aromatic nitrogens is 1. The van der Waals surface area contributed by atoms with Crippen LogP contribution in [0, 0.1) is 6.92 Å². The fourth-order valence-electron chi connectivity index (χ4n) is 2.58. The summed E-state index contributed by atoms with van der Waals surface area (Å²) in [5.41, 5.74) is 2.10. The summed E-state index contributed by atoms with van der Waals surface area (Å²) >= 11 is 0. The maximum absolute atomic E-state index is 12.3. The molecule has 1 aromatic carbocycles. The van der Waals surface area contributed by atoms with Crippen molar-refractivity contribution in [2.45, 2.75) is 32.2 Å². The second-order valence-electron chi connectivity index (χ2n) is 5.65. The summed E-state index contributed by atoms with van der Waals surface area (Å²) in [4.78, 5) is 16.6. The SMILES string of the molecule is Cc1nc(-c2ccc(NC(=O)C3(C)CCCN3)cc2)co1. The molecule has 0 aliphatic carbocycles. The Kier molecular flexibility index (Phi) is 3.51. The lowest BCUT2D eigenvalue weighted by atomic mass is 9.99. The Morgan fingerprint density at radius 3 is 2.71 bits per heavy atom. The number of carbonyl (C=O) groups is 1. The molecular weight excluding hydrogens is 266 g/mol. The largest absolute Gasteiger partial charge is 0.449 e. The van der Waals surface area contributed by atoms with E-state index in [2.05, 4.69) is 15.6 Å². The molecule has 1 aromatic heterocycles. The van der Waals surface area contributed by atoms with Crippen molar-refractivity contribution in [1.29, 1.82) is 0 Å². The summed E-state index contributed by atoms with van der Waals surface area (Å²) in [5, 5.41) is 6.22. The van der Waals surface area contributed by atoms with E-state index in [1.165, 1.54) is 0 Å². The molecule has 5 heteroatoms. The lowest BCUT2D eigenvalue weighted by molar-refractivity contribution is -0.121. The van der Waals surface area contributed by atoms with Gasteiger partial charge < -0.3 is 15.1 Å². The van der Waals surface area contributed by atoms with Gasteiger partial charge in [0, 0.05) is 18.2 Å². The predicted octanol–water partition coefficient (Wildman–Crippen LogP) is 2.73. The van der Waals surface area contributed by atoms with Gasteiger partial charge in [0.2, 0.25) is 5.91 Å². The third kappa shape index (κ3) is 2.83. The average molecular weight is 285 g/mol. The van der Waals surface area contributed by atoms with E-state index in [0.29, 0.717) is 5.89 Å². The maximum atomic E-state index is 12.3. The molecule has 0 bridgehead atoms. The van der Waals surface area contributed by atoms with E-state index in [4.69, 9.17) is 4.42 Å². The van der Waals surface area contributed by atoms with E-state index in [0.717, 1.165) is 36.3 Å². The van der Waals surface area contributed by atoms with Gasteiger partial charge in [0.1, 0.15) is 12.0 Å². The quantitative estimate of drug-likeness (QED) is 0.910. The highest BCUT2D eigenvalue weighted by atomic mass is 16.3. The predicted molar refractivity (Wildman–Crippen MR) is 80.9 cm³/mol. The number of oxazole rings is 1. The molecule has 1 aliphatic heterocycles. The van der Waals surface area contributed by atoms with E-state index in [1.54, 1.807) is 6.26 Å². The van der Waals surface area contributed by atoms with Crippen molar-refractivity contribution in [3.05, 3.63) is 36.4 Å². The van der Waals surface area contributed by atoms with Gasteiger partial charge in [-0.1, -0.05) is 12.1 Å². The van der Waals surface area contributed by atoms with E-state index in [1.807, 2.05) is 38.1 Å². The van der Waals surface area contributed by atoms with Crippen LogP contribution in [0.5, 0.6) is 0 Å². The number of amides is 1. The molecule has 3 rings (SSSR count). The van der Waals surface area contributed by atoms with E-state index < -0.39 is 5.54 Å². The standard InChI is InChI=1S/C16H19N3O2/c1-11-18-14(10-21-11)12-4-6-13(7-5-12)19-15(20)16(2)8-3-9-17-16/h4-7,10,17H,3,8-9H2,1-2H3,(H,19,20). The van der Waals surface area contributed by atoms with Gasteiger partial charge in [0.25, 0.3) is 0 Å². The number of hydrogen-bond acceptors (Lipinski definition) is 4. The first-order valence-corrected chi connectivity index (χ1v) is 7.16. The first-order valence-electron chi connectivity index (χ1n) is 7.16. The number of benzene rings is 1. The van der Waals surface area contributed by atoms with Gasteiger partial charge in [0.15, 0.2) is 5.89 Å². The molecule has 0 radical (unpaired) electrons. The Morgan fingerprint density at radius 1 is 1.38 bits per heavy atom. The first-order chi connectivity index (χ1) is 10.1. The van der Waals surface area contributed by atoms with Gasteiger partial charge in [-0.2, -0.15) is 0 Å². The van der Waals surface area contributed by atoms with Gasteiger partial charge in [0.05, 0.1) is 5.54 Å². The Balaban J connectivity index is 1.71. The molecule has 21 heavy (non-hydrogen) atoms. The van der Waals surface area contributed by atoms with E-state index in [9.17, 15) is 4.79 Å². The summed E-state index contributed by atoms with van der Waals surface area (Å²) in [6, 6.07) is 7.62. The molecule has 2 N–H and O–H groups in total. The second kappa shape index (κ2) is 5.33. The summed E-state index contributed by atoms with van der Waals surface area (Å²) in [6.45, 7) is 4.66. The lowest BCUT2D eigenvalue weighted by Crippen LogP contribution is -2.47. The zero-order valence-electron chi connectivity index (χ0n) is 12.3. The first kappa shape index (κ1) is 13.8. The second-order valence-corrected chi connectivity index (χ2v) is 5.65. The number of carbonyl (C=O) groups excluding carboxylic acids is 1. The van der Waals surface area contributed by atoms with Crippen molar-refractivity contribution in [3.63, 3.8) is 0 Å². The molecule has 2 aromatic rings. The highest BCUT2D eigenvalue weighted by molar-refractivity contribution is 5.98. The van der Waals surface area contributed by atoms with Crippen LogP contribution in [-0.4, -0.2) is 23.0 Å². The van der Waals surface area contributed by atoms with Crippen molar-refractivity contribution in [3.8, 4) is 11.3 Å². The van der Waals surface area contributed by atoms with Crippen LogP contribution in [0.15, 0.2) is 34.9 Å². The number of nitrogens with one attached hydrogen (secondary N) is 2. The zero-order chi connectivity index (χ0) is 14.9. The molecule has 110 valence electrons. The van der Waals surface area contributed by atoms with Gasteiger partial charge in [-0.25, -0.2) is 4.98 Å². The van der Waals surface area contributed by atoms with Crippen LogP contribution in [0.25, 0.3) is 11.3 Å². The summed E-state index contributed by atoms with van der Waals surface area (Å²) < 4.78 is 5.21. The van der Waals surface area contributed by atoms with Crippen molar-refractivity contribution >= 4 is 11.6 Å². The Labute approximate surface area is 123 Å². The van der Waals surface area contributed by atoms with Crippen LogP contribution in [0.2, 0.25) is 0 Å². The fraction of sp³-hybridized carbons (Fsp3) is 0.375. The number of rotatable bonds is 3. The Morgan fingerprint density at radius 2 is 2.14 bits per heavy atom. The molecule has 1 fully saturated rings. The molecular formula is C16H19N3O2. The molecule has 0 saturated carbocycles. The summed E-state index contributed by atoms with van der Waals surface area (Å²) in [5.74, 6) is 0.660. The number of aryl methyl sites for hydroxylation is 1. The number of anilines is 1. The molecule has 1 amide bonds. The number of nitrogens with zero attached hydrogens (tertiary/aromatic N) is 1. The highest BCUT2D eigenvalue weighted by Crippen LogP contribution is 2.23. The van der Waals surface area contributed by atoms with Gasteiger partial charge >= 0.3 is 0 Å². The summed E-state index contributed by atoms with van der Waals surface area (Å²) in [7, 11) is 0. The molecule has 1 aliphatic rings. The molecule has 1 unspecified atom stereocenters. The molecule has 0 spiro atoms. The monoisotopic (exact) mass is 285 g/mol. The Bertz CT molecular complexity index is 640. The maximum Gasteiger partial charge on any atom is 0.244 e. The smallest absolute Gasteiger partial charge is 0.244 e. The molecule has 1 saturated heterocycles. The van der Waals surface area contributed by atoms with Gasteiger partial charge in [-0.15, -0.1) is 0 Å². The minimum atomic E-state index is -0.456. The van der Waals surface area contributed by atoms with E-state index in [-0.39, 0.29) is 5.91 Å². The van der Waals surface area contributed by atoms with Crippen molar-refractivity contribution in [2.24, 2.45) is 0 Å². The highest BCUT2D eigenvalue weighted by Gasteiger charge is 2.35. The van der Waals surface area contributed by atoms with Crippen LogP contribution in [0.4, 0.5) is 5.69 Å². The third-order valence-electron chi connectivity index (χ3n) is 3.93. The zero-order valence-corrected chi connectivity index (χ0v) is 12.3. The van der Waals surface area contributed by atoms with E-state index >= 15 is 0 Å². The normalized spacial score (nSPS) is 21.4. The third-order valence-corrected chi connectivity index (χ3v) is 3.93. The van der Waals surface area contributed by atoms with Crippen molar-refractivity contribution in [1.82, 2.24) is 10.3 Å². The van der Waals surface area contributed by atoms with Crippen molar-refractivity contribution in [2.75, 3.05) is 11.9 Å². The average Bonchev–Trinajstić information content (AvgIpc) is 3.09. The van der Waals surface area contributed by atoms with Crippen LogP contribution in [0.3, 0.4) is 0 Å². The minimum Gasteiger partial charge on any atom is -0.449 e. The fourth-order valence-corrected chi connectivity index (χ4v) is 2.58. The molecule has 5 nitrogen and oxygen atoms in total. The van der Waals surface area contributed by atoms with Crippen LogP contribution >= 0.6 is 0 Å².